The van der Waals surface area contributed by atoms with Gasteiger partial charge in [0.2, 0.25) is 0 Å². The van der Waals surface area contributed by atoms with E-state index < -0.39 is 33.9 Å². The zero-order valence-corrected chi connectivity index (χ0v) is 14.6. The second-order valence-corrected chi connectivity index (χ2v) is 8.03. The van der Waals surface area contributed by atoms with Gasteiger partial charge in [-0.05, 0) is 0 Å². The van der Waals surface area contributed by atoms with Crippen LogP contribution < -0.4 is 0 Å². The third-order valence-electron chi connectivity index (χ3n) is 2.37. The lowest BCUT2D eigenvalue weighted by molar-refractivity contribution is -0.0303. The molecule has 0 amide bonds. The Labute approximate surface area is 134 Å². The topological polar surface area (TPSA) is 166 Å². The molecule has 23 heavy (non-hydrogen) atoms. The molecule has 1 unspecified atom stereocenters. The molecule has 0 aliphatic carbocycles. The van der Waals surface area contributed by atoms with E-state index in [2.05, 4.69) is 0 Å². The van der Waals surface area contributed by atoms with E-state index >= 15 is 0 Å². The maximum atomic E-state index is 10.9. The van der Waals surface area contributed by atoms with E-state index in [0.717, 1.165) is 4.90 Å². The summed E-state index contributed by atoms with van der Waals surface area (Å²) in [6.45, 7) is 0.520. The van der Waals surface area contributed by atoms with Crippen molar-refractivity contribution in [3.63, 3.8) is 0 Å². The Morgan fingerprint density at radius 1 is 0.913 bits per heavy atom. The third-order valence-corrected chi connectivity index (χ3v) is 3.91. The van der Waals surface area contributed by atoms with Gasteiger partial charge in [-0.2, -0.15) is 0 Å². The zero-order valence-electron chi connectivity index (χ0n) is 12.9. The predicted octanol–water partition coefficient (Wildman–Crippen LogP) is -1.40. The first kappa shape index (κ1) is 23.1. The molecular formula is C10H25NO10P2. The molecule has 0 radical (unpaired) electrons. The van der Waals surface area contributed by atoms with Gasteiger partial charge in [-0.15, -0.1) is 0 Å². The third kappa shape index (κ3) is 16.7. The van der Waals surface area contributed by atoms with E-state index in [-0.39, 0.29) is 26.4 Å². The van der Waals surface area contributed by atoms with Crippen LogP contribution in [0, 0.1) is 0 Å². The van der Waals surface area contributed by atoms with Crippen molar-refractivity contribution in [2.75, 3.05) is 59.3 Å². The van der Waals surface area contributed by atoms with Crippen LogP contribution in [0.25, 0.3) is 0 Å². The molecule has 0 saturated carbocycles. The summed E-state index contributed by atoms with van der Waals surface area (Å²) in [7, 11) is -7.38. The fourth-order valence-electron chi connectivity index (χ4n) is 1.53. The van der Waals surface area contributed by atoms with Gasteiger partial charge in [0, 0.05) is 13.7 Å². The Kier molecular flexibility index (Phi) is 11.7. The van der Waals surface area contributed by atoms with Crippen molar-refractivity contribution in [3.05, 3.63) is 0 Å². The molecule has 0 fully saturated rings. The quantitative estimate of drug-likeness (QED) is 0.177. The Morgan fingerprint density at radius 3 is 1.83 bits per heavy atom. The molecule has 1 atom stereocenters. The highest BCUT2D eigenvalue weighted by molar-refractivity contribution is 7.52. The minimum atomic E-state index is -4.45. The summed E-state index contributed by atoms with van der Waals surface area (Å²) in [6, 6.07) is 0. The van der Waals surface area contributed by atoms with Crippen LogP contribution in [-0.4, -0.2) is 94.9 Å². The van der Waals surface area contributed by atoms with Gasteiger partial charge in [0.15, 0.2) is 0 Å². The molecule has 0 aromatic heterocycles. The fraction of sp³-hybridized carbons (Fsp3) is 1.00. The van der Waals surface area contributed by atoms with Gasteiger partial charge in [-0.1, -0.05) is 0 Å². The standard InChI is InChI=1S/C10H25NO10P2/c1-19-4-5-21-7-10(12)6-20-3-2-11(8-22(13,14)15)9-23(16,17)18/h10,12H,2-9H2,1H3,(H2,13,14,15)(H2,16,17,18). The molecule has 5 N–H and O–H groups in total. The van der Waals surface area contributed by atoms with Crippen LogP contribution in [0.3, 0.4) is 0 Å². The molecule has 0 aromatic rings. The fourth-order valence-corrected chi connectivity index (χ4v) is 3.21. The lowest BCUT2D eigenvalue weighted by Gasteiger charge is -2.23. The summed E-state index contributed by atoms with van der Waals surface area (Å²) in [5, 5.41) is 9.53. The first-order valence-corrected chi connectivity index (χ1v) is 10.3. The molecule has 0 aliphatic rings. The Morgan fingerprint density at radius 2 is 1.39 bits per heavy atom. The average molecular weight is 381 g/mol. The van der Waals surface area contributed by atoms with E-state index in [4.69, 9.17) is 33.8 Å². The molecule has 0 saturated heterocycles. The molecule has 140 valence electrons. The molecule has 0 spiro atoms. The van der Waals surface area contributed by atoms with E-state index in [9.17, 15) is 14.2 Å². The second-order valence-electron chi connectivity index (χ2n) is 4.80. The Balaban J connectivity index is 4.02. The molecule has 0 aliphatic heterocycles. The molecule has 0 heterocycles. The first-order valence-electron chi connectivity index (χ1n) is 6.67. The van der Waals surface area contributed by atoms with Gasteiger partial charge in [0.05, 0.1) is 33.0 Å². The second kappa shape index (κ2) is 11.6. The highest BCUT2D eigenvalue weighted by Gasteiger charge is 2.25. The van der Waals surface area contributed by atoms with Crippen molar-refractivity contribution in [3.8, 4) is 0 Å². The Bertz CT molecular complexity index is 373. The normalized spacial score (nSPS) is 14.4. The molecule has 0 rings (SSSR count). The summed E-state index contributed by atoms with van der Waals surface area (Å²) in [4.78, 5) is 36.4. The summed E-state index contributed by atoms with van der Waals surface area (Å²) in [5.41, 5.74) is 0. The van der Waals surface area contributed by atoms with Crippen molar-refractivity contribution in [1.29, 1.82) is 0 Å². The van der Waals surface area contributed by atoms with Crippen LogP contribution in [0.5, 0.6) is 0 Å². The van der Waals surface area contributed by atoms with Crippen molar-refractivity contribution in [1.82, 2.24) is 4.90 Å². The number of aliphatic hydroxyl groups is 1. The molecule has 0 aromatic carbocycles. The monoisotopic (exact) mass is 381 g/mol. The first-order chi connectivity index (χ1) is 10.5. The predicted molar refractivity (Wildman–Crippen MR) is 80.0 cm³/mol. The van der Waals surface area contributed by atoms with Crippen molar-refractivity contribution >= 4 is 15.2 Å². The van der Waals surface area contributed by atoms with Crippen molar-refractivity contribution < 1.29 is 48.0 Å². The van der Waals surface area contributed by atoms with E-state index in [1.54, 1.807) is 0 Å². The van der Waals surface area contributed by atoms with E-state index in [1.807, 2.05) is 0 Å². The van der Waals surface area contributed by atoms with Crippen molar-refractivity contribution in [2.45, 2.75) is 6.10 Å². The maximum absolute atomic E-state index is 10.9. The zero-order chi connectivity index (χ0) is 17.9. The largest absolute Gasteiger partial charge is 0.388 e. The number of nitrogens with zero attached hydrogens (tertiary/aromatic N) is 1. The summed E-state index contributed by atoms with van der Waals surface area (Å²) in [5.74, 6) is 0. The van der Waals surface area contributed by atoms with Gasteiger partial charge in [0.1, 0.15) is 18.7 Å². The van der Waals surface area contributed by atoms with Gasteiger partial charge >= 0.3 is 15.2 Å². The lowest BCUT2D eigenvalue weighted by Crippen LogP contribution is -2.31. The molecule has 11 nitrogen and oxygen atoms in total. The van der Waals surface area contributed by atoms with Crippen LogP contribution in [-0.2, 0) is 23.3 Å². The number of aliphatic hydroxyl groups excluding tert-OH is 1. The van der Waals surface area contributed by atoms with Crippen LogP contribution >= 0.6 is 15.2 Å². The molecular weight excluding hydrogens is 356 g/mol. The Hall–Kier alpha value is 0.1000. The summed E-state index contributed by atoms with van der Waals surface area (Å²) < 4.78 is 36.8. The number of methoxy groups -OCH3 is 1. The number of hydrogen-bond acceptors (Lipinski definition) is 7. The molecule has 13 heteroatoms. The van der Waals surface area contributed by atoms with Gasteiger partial charge in [0.25, 0.3) is 0 Å². The van der Waals surface area contributed by atoms with Crippen LogP contribution in [0.15, 0.2) is 0 Å². The number of ether oxygens (including phenoxy) is 3. The summed E-state index contributed by atoms with van der Waals surface area (Å²) in [6.07, 6.45) is -2.46. The van der Waals surface area contributed by atoms with Gasteiger partial charge < -0.3 is 38.9 Å². The average Bonchev–Trinajstić information content (AvgIpc) is 2.36. The highest BCUT2D eigenvalue weighted by Crippen LogP contribution is 2.40. The van der Waals surface area contributed by atoms with Crippen LogP contribution in [0.2, 0.25) is 0 Å². The lowest BCUT2D eigenvalue weighted by atomic mass is 10.4. The minimum Gasteiger partial charge on any atom is -0.388 e. The van der Waals surface area contributed by atoms with Crippen molar-refractivity contribution in [2.24, 2.45) is 0 Å². The van der Waals surface area contributed by atoms with E-state index in [0.29, 0.717) is 13.2 Å². The van der Waals surface area contributed by atoms with Crippen LogP contribution in [0.4, 0.5) is 0 Å². The van der Waals surface area contributed by atoms with Gasteiger partial charge in [-0.3, -0.25) is 14.0 Å². The van der Waals surface area contributed by atoms with E-state index in [1.165, 1.54) is 7.11 Å². The maximum Gasteiger partial charge on any atom is 0.339 e. The number of hydrogen-bond donors (Lipinski definition) is 5. The number of rotatable bonds is 14. The molecule has 0 bridgehead atoms. The van der Waals surface area contributed by atoms with Gasteiger partial charge in [-0.25, -0.2) is 0 Å². The van der Waals surface area contributed by atoms with Crippen LogP contribution in [0.1, 0.15) is 0 Å². The SMILES string of the molecule is COCCOCC(O)COCCN(CP(=O)(O)O)CP(=O)(O)O. The summed E-state index contributed by atoms with van der Waals surface area (Å²) >= 11 is 0. The highest BCUT2D eigenvalue weighted by atomic mass is 31.2. The smallest absolute Gasteiger partial charge is 0.339 e. The minimum absolute atomic E-state index is 0.0397.